The Balaban J connectivity index is 1.23. The molecule has 0 radical (unpaired) electrons. The van der Waals surface area contributed by atoms with E-state index in [2.05, 4.69) is 227 Å². The highest BCUT2D eigenvalue weighted by Crippen LogP contribution is 2.43. The zero-order valence-corrected chi connectivity index (χ0v) is 52.3. The normalized spacial score (nSPS) is 12.6. The Kier molecular flexibility index (Phi) is 15.5. The lowest BCUT2D eigenvalue weighted by Crippen LogP contribution is -2.16. The van der Waals surface area contributed by atoms with Gasteiger partial charge in [-0.1, -0.05) is 192 Å². The second-order valence-electron chi connectivity index (χ2n) is 26.9. The van der Waals surface area contributed by atoms with Crippen molar-refractivity contribution in [1.29, 1.82) is 0 Å². The lowest BCUT2D eigenvalue weighted by molar-refractivity contribution is 0.0517. The van der Waals surface area contributed by atoms with Crippen LogP contribution >= 0.6 is 0 Å². The van der Waals surface area contributed by atoms with Crippen LogP contribution in [-0.2, 0) is 31.1 Å². The number of hydrogen-bond donors (Lipinski definition) is 2. The van der Waals surface area contributed by atoms with Crippen molar-refractivity contribution in [1.82, 2.24) is 19.9 Å². The third-order valence-electron chi connectivity index (χ3n) is 16.5. The van der Waals surface area contributed by atoms with Gasteiger partial charge >= 0.3 is 11.9 Å². The molecule has 11 rings (SSSR count). The highest BCUT2D eigenvalue weighted by atomic mass is 16.5. The number of H-pyrrole nitrogens is 2. The van der Waals surface area contributed by atoms with E-state index in [-0.39, 0.29) is 33.6 Å². The molecule has 8 heteroatoms. The molecule has 86 heavy (non-hydrogen) atoms. The zero-order chi connectivity index (χ0) is 61.0. The van der Waals surface area contributed by atoms with Crippen molar-refractivity contribution in [2.24, 2.45) is 0 Å². The van der Waals surface area contributed by atoms with E-state index in [1.54, 1.807) is 0 Å². The third-order valence-corrected chi connectivity index (χ3v) is 16.5. The Labute approximate surface area is 507 Å². The molecule has 2 aliphatic heterocycles. The summed E-state index contributed by atoms with van der Waals surface area (Å²) in [5.41, 5.74) is 24.4. The molecular formula is C78H78N4O4. The summed E-state index contributed by atoms with van der Waals surface area (Å²) in [5.74, 6) is -0.664. The minimum Gasteiger partial charge on any atom is -0.462 e. The number of fused-ring (bicyclic) bond motifs is 8. The summed E-state index contributed by atoms with van der Waals surface area (Å²) >= 11 is 0. The lowest BCUT2D eigenvalue weighted by Gasteiger charge is -2.26. The third kappa shape index (κ3) is 12.0. The number of nitrogens with zero attached hydrogens (tertiary/aromatic N) is 2. The summed E-state index contributed by atoms with van der Waals surface area (Å²) in [5, 5.41) is 0. The first-order valence-electron chi connectivity index (χ1n) is 30.1. The van der Waals surface area contributed by atoms with Crippen LogP contribution in [0, 0.1) is 0 Å². The molecule has 9 aromatic rings. The maximum Gasteiger partial charge on any atom is 0.338 e. The maximum absolute atomic E-state index is 12.6. The van der Waals surface area contributed by atoms with Gasteiger partial charge in [-0.25, -0.2) is 19.6 Å². The van der Waals surface area contributed by atoms with Crippen LogP contribution in [0.25, 0.3) is 113 Å². The second kappa shape index (κ2) is 22.7. The van der Waals surface area contributed by atoms with Crippen molar-refractivity contribution in [2.75, 3.05) is 13.2 Å². The van der Waals surface area contributed by atoms with Crippen molar-refractivity contribution in [3.8, 4) is 66.8 Å². The number of aromatic nitrogens is 4. The number of ether oxygens (including phenoxy) is 2. The molecule has 0 atom stereocenters. The molecular weight excluding hydrogens is 1060 g/mol. The molecule has 0 saturated heterocycles. The molecule has 2 aliphatic rings. The maximum atomic E-state index is 12.6. The average molecular weight is 1140 g/mol. The van der Waals surface area contributed by atoms with E-state index in [1.165, 1.54) is 22.3 Å². The Bertz CT molecular complexity index is 3990. The molecule has 8 bridgehead atoms. The summed E-state index contributed by atoms with van der Waals surface area (Å²) in [4.78, 5) is 44.7. The van der Waals surface area contributed by atoms with Crippen molar-refractivity contribution in [3.05, 3.63) is 214 Å². The van der Waals surface area contributed by atoms with Gasteiger partial charge < -0.3 is 19.4 Å². The predicted octanol–water partition coefficient (Wildman–Crippen LogP) is 20.2. The van der Waals surface area contributed by atoms with Gasteiger partial charge in [-0.2, -0.15) is 0 Å². The summed E-state index contributed by atoms with van der Waals surface area (Å²) in [6, 6.07) is 55.4. The number of benzene rings is 6. The fourth-order valence-corrected chi connectivity index (χ4v) is 11.4. The molecule has 0 unspecified atom stereocenters. The van der Waals surface area contributed by atoms with Crippen molar-refractivity contribution >= 4 is 58.3 Å². The highest BCUT2D eigenvalue weighted by molar-refractivity contribution is 6.01. The average Bonchev–Trinajstić information content (AvgIpc) is 2.76. The Hall–Kier alpha value is -9.14. The minimum atomic E-state index is -0.332. The fourth-order valence-electron chi connectivity index (χ4n) is 11.4. The molecule has 0 fully saturated rings. The number of esters is 2. The second-order valence-corrected chi connectivity index (χ2v) is 26.9. The topological polar surface area (TPSA) is 110 Å². The van der Waals surface area contributed by atoms with Gasteiger partial charge in [0, 0.05) is 44.3 Å². The largest absolute Gasteiger partial charge is 0.462 e. The zero-order valence-electron chi connectivity index (χ0n) is 52.3. The number of aromatic amines is 2. The van der Waals surface area contributed by atoms with Crippen LogP contribution in [0.1, 0.15) is 163 Å². The van der Waals surface area contributed by atoms with E-state index in [1.807, 2.05) is 62.4 Å². The first kappa shape index (κ1) is 58.6. The predicted molar refractivity (Wildman–Crippen MR) is 358 cm³/mol. The first-order valence-corrected chi connectivity index (χ1v) is 30.1. The van der Waals surface area contributed by atoms with E-state index in [0.717, 1.165) is 112 Å². The van der Waals surface area contributed by atoms with Crippen LogP contribution in [0.5, 0.6) is 0 Å². The van der Waals surface area contributed by atoms with Crippen LogP contribution < -0.4 is 0 Å². The van der Waals surface area contributed by atoms with Crippen molar-refractivity contribution < 1.29 is 19.1 Å². The molecule has 8 nitrogen and oxygen atoms in total. The molecule has 0 spiro atoms. The Morgan fingerprint density at radius 3 is 0.802 bits per heavy atom. The monoisotopic (exact) mass is 1130 g/mol. The molecule has 2 N–H and O–H groups in total. The van der Waals surface area contributed by atoms with E-state index in [9.17, 15) is 9.59 Å². The lowest BCUT2D eigenvalue weighted by atomic mass is 9.78. The smallest absolute Gasteiger partial charge is 0.338 e. The van der Waals surface area contributed by atoms with Crippen LogP contribution in [-0.4, -0.2) is 45.1 Å². The SMILES string of the molecule is CCOC(=O)c1ccc(-c2ccc(-c3c4nc(c(-c5cc(C(C)(C)C)cc(C(C)(C)C)c5)c5ccc([nH]5)c(-c5ccc(-c6ccc(C(=O)OCC)cc6)cc5)c5nc(c(-c6cc(C(C)(C)C)cc(C(C)(C)C)c6)c6ccc3[nH]6)C=C5)C=C4)cc2)cc1. The molecule has 5 heterocycles. The Morgan fingerprint density at radius 2 is 0.558 bits per heavy atom. The van der Waals surface area contributed by atoms with E-state index >= 15 is 0 Å². The summed E-state index contributed by atoms with van der Waals surface area (Å²) in [6.45, 7) is 31.6. The number of hydrogen-bond acceptors (Lipinski definition) is 6. The first-order chi connectivity index (χ1) is 40.8. The summed E-state index contributed by atoms with van der Waals surface area (Å²) < 4.78 is 10.6. The molecule has 0 amide bonds. The summed E-state index contributed by atoms with van der Waals surface area (Å²) in [6.07, 6.45) is 8.66. The molecule has 434 valence electrons. The van der Waals surface area contributed by atoms with Gasteiger partial charge in [-0.3, -0.25) is 0 Å². The van der Waals surface area contributed by atoms with Crippen LogP contribution in [0.4, 0.5) is 0 Å². The van der Waals surface area contributed by atoms with E-state index in [0.29, 0.717) is 24.3 Å². The van der Waals surface area contributed by atoms with Gasteiger partial charge in [0.25, 0.3) is 0 Å². The Morgan fingerprint density at radius 1 is 0.326 bits per heavy atom. The quantitative estimate of drug-likeness (QED) is 0.132. The number of carbonyl (C=O) groups excluding carboxylic acids is 2. The van der Waals surface area contributed by atoms with Gasteiger partial charge in [0.15, 0.2) is 0 Å². The van der Waals surface area contributed by atoms with Crippen molar-refractivity contribution in [2.45, 2.75) is 119 Å². The highest BCUT2D eigenvalue weighted by Gasteiger charge is 2.27. The molecule has 3 aromatic heterocycles. The molecule has 0 saturated carbocycles. The number of carbonyl (C=O) groups is 2. The van der Waals surface area contributed by atoms with E-state index in [4.69, 9.17) is 19.4 Å². The van der Waals surface area contributed by atoms with Gasteiger partial charge in [0.1, 0.15) is 0 Å². The van der Waals surface area contributed by atoms with Crippen molar-refractivity contribution in [3.63, 3.8) is 0 Å². The molecule has 0 aliphatic carbocycles. The van der Waals surface area contributed by atoms with Gasteiger partial charge in [-0.15, -0.1) is 0 Å². The minimum absolute atomic E-state index is 0.142. The number of rotatable bonds is 10. The standard InChI is InChI=1S/C78H78N4O4/c1-15-85-73(83)53-29-21-49(22-30-53)47-17-25-51(26-18-47)69-61-33-37-65(79-61)71(55-41-57(75(3,4)5)45-58(42-55)76(6,7)8)67-39-35-63(81-67)70(52-27-19-48(20-28-52)50-23-31-54(32-24-50)74(84)86-16-2)64-36-40-68(82-64)72(66-38-34-62(69)80-66)56-43-59(77(9,10)11)46-60(44-56)78(12,13)14/h17-46,79,82H,15-16H2,1-14H3. The van der Waals surface area contributed by atoms with E-state index < -0.39 is 0 Å². The fraction of sp³-hybridized carbons (Fsp3) is 0.256. The van der Waals surface area contributed by atoms with Gasteiger partial charge in [0.2, 0.25) is 0 Å². The summed E-state index contributed by atoms with van der Waals surface area (Å²) in [7, 11) is 0. The molecule has 6 aromatic carbocycles. The van der Waals surface area contributed by atoms with Crippen LogP contribution in [0.15, 0.2) is 158 Å². The van der Waals surface area contributed by atoms with Crippen LogP contribution in [0.2, 0.25) is 0 Å². The van der Waals surface area contributed by atoms with Crippen LogP contribution in [0.3, 0.4) is 0 Å². The van der Waals surface area contributed by atoms with Gasteiger partial charge in [0.05, 0.1) is 47.1 Å². The number of nitrogens with one attached hydrogen (secondary N) is 2. The van der Waals surface area contributed by atoms with Gasteiger partial charge in [-0.05, 0) is 175 Å².